The van der Waals surface area contributed by atoms with Crippen molar-refractivity contribution in [2.24, 2.45) is 5.73 Å². The normalized spacial score (nSPS) is 10.4. The molecule has 0 aliphatic heterocycles. The summed E-state index contributed by atoms with van der Waals surface area (Å²) in [7, 11) is 0. The van der Waals surface area contributed by atoms with E-state index < -0.39 is 0 Å². The Morgan fingerprint density at radius 3 is 2.61 bits per heavy atom. The Hall–Kier alpha value is -1.09. The average molecular weight is 265 g/mol. The number of aryl methyl sites for hydroxylation is 3. The van der Waals surface area contributed by atoms with E-state index in [1.54, 1.807) is 0 Å². The summed E-state index contributed by atoms with van der Waals surface area (Å²) in [5, 5.41) is 0. The second kappa shape index (κ2) is 7.37. The fourth-order valence-electron chi connectivity index (χ4n) is 1.94. The smallest absolute Gasteiger partial charge is 0.122 e. The maximum atomic E-state index is 5.72. The van der Waals surface area contributed by atoms with Crippen LogP contribution >= 0.6 is 12.2 Å². The third-order valence-electron chi connectivity index (χ3n) is 2.96. The second-order valence-corrected chi connectivity index (χ2v) is 5.24. The predicted octanol–water partition coefficient (Wildman–Crippen LogP) is 3.70. The van der Waals surface area contributed by atoms with Crippen molar-refractivity contribution in [1.29, 1.82) is 0 Å². The van der Waals surface area contributed by atoms with Crippen LogP contribution in [0.3, 0.4) is 0 Å². The molecule has 0 unspecified atom stereocenters. The quantitative estimate of drug-likeness (QED) is 0.763. The summed E-state index contributed by atoms with van der Waals surface area (Å²) in [5.41, 5.74) is 9.38. The molecule has 0 fully saturated rings. The summed E-state index contributed by atoms with van der Waals surface area (Å²) in [4.78, 5) is 0.604. The van der Waals surface area contributed by atoms with E-state index in [0.29, 0.717) is 4.99 Å². The SMILES string of the molecule is CCCOc1cc(C)c(CCCC(N)=S)cc1C. The van der Waals surface area contributed by atoms with Gasteiger partial charge in [-0.05, 0) is 62.3 Å². The van der Waals surface area contributed by atoms with Crippen LogP contribution < -0.4 is 10.5 Å². The molecule has 18 heavy (non-hydrogen) atoms. The van der Waals surface area contributed by atoms with Gasteiger partial charge in [-0.3, -0.25) is 0 Å². The fourth-order valence-corrected chi connectivity index (χ4v) is 2.08. The summed E-state index contributed by atoms with van der Waals surface area (Å²) in [6.45, 7) is 7.13. The minimum atomic E-state index is 0.604. The zero-order valence-electron chi connectivity index (χ0n) is 11.6. The molecule has 0 aromatic heterocycles. The Morgan fingerprint density at radius 1 is 1.28 bits per heavy atom. The molecule has 1 aromatic carbocycles. The number of hydrogen-bond acceptors (Lipinski definition) is 2. The van der Waals surface area contributed by atoms with Gasteiger partial charge in [0.15, 0.2) is 0 Å². The maximum absolute atomic E-state index is 5.72. The average Bonchev–Trinajstić information content (AvgIpc) is 2.31. The Balaban J connectivity index is 2.70. The molecule has 0 amide bonds. The van der Waals surface area contributed by atoms with Crippen molar-refractivity contribution < 1.29 is 4.74 Å². The summed E-state index contributed by atoms with van der Waals surface area (Å²) >= 11 is 4.90. The molecule has 100 valence electrons. The predicted molar refractivity (Wildman–Crippen MR) is 81.4 cm³/mol. The molecule has 1 aromatic rings. The van der Waals surface area contributed by atoms with Crippen LogP contribution in [0.15, 0.2) is 12.1 Å². The first kappa shape index (κ1) is 15.0. The Kier molecular flexibility index (Phi) is 6.13. The van der Waals surface area contributed by atoms with Crippen molar-refractivity contribution in [3.8, 4) is 5.75 Å². The number of benzene rings is 1. The number of ether oxygens (including phenoxy) is 1. The van der Waals surface area contributed by atoms with Gasteiger partial charge in [-0.1, -0.05) is 25.2 Å². The molecule has 0 radical (unpaired) electrons. The number of thiocarbonyl (C=S) groups is 1. The third kappa shape index (κ3) is 4.65. The zero-order chi connectivity index (χ0) is 13.5. The van der Waals surface area contributed by atoms with Crippen molar-refractivity contribution in [1.82, 2.24) is 0 Å². The highest BCUT2D eigenvalue weighted by atomic mass is 32.1. The van der Waals surface area contributed by atoms with Crippen LogP contribution in [0.1, 0.15) is 42.9 Å². The topological polar surface area (TPSA) is 35.2 Å². The van der Waals surface area contributed by atoms with Crippen LogP contribution in [0.5, 0.6) is 5.75 Å². The van der Waals surface area contributed by atoms with Crippen molar-refractivity contribution in [3.63, 3.8) is 0 Å². The standard InChI is InChI=1S/C15H23NOS/c1-4-8-17-14-10-11(2)13(9-12(14)3)6-5-7-15(16)18/h9-10H,4-8H2,1-3H3,(H2,16,18). The van der Waals surface area contributed by atoms with E-state index in [-0.39, 0.29) is 0 Å². The van der Waals surface area contributed by atoms with Crippen LogP contribution in [0.2, 0.25) is 0 Å². The van der Waals surface area contributed by atoms with Crippen LogP contribution in [0.4, 0.5) is 0 Å². The van der Waals surface area contributed by atoms with Crippen molar-refractivity contribution in [2.75, 3.05) is 6.61 Å². The number of nitrogens with two attached hydrogens (primary N) is 1. The van der Waals surface area contributed by atoms with E-state index in [4.69, 9.17) is 22.7 Å². The molecule has 3 heteroatoms. The lowest BCUT2D eigenvalue weighted by atomic mass is 10.00. The van der Waals surface area contributed by atoms with Crippen LogP contribution in [0, 0.1) is 13.8 Å². The first-order valence-corrected chi connectivity index (χ1v) is 6.96. The first-order chi connectivity index (χ1) is 8.54. The van der Waals surface area contributed by atoms with Gasteiger partial charge < -0.3 is 10.5 Å². The molecule has 2 nitrogen and oxygen atoms in total. The zero-order valence-corrected chi connectivity index (χ0v) is 12.4. The van der Waals surface area contributed by atoms with E-state index in [1.165, 1.54) is 16.7 Å². The van der Waals surface area contributed by atoms with E-state index in [0.717, 1.165) is 38.0 Å². The molecule has 1 rings (SSSR count). The van der Waals surface area contributed by atoms with Gasteiger partial charge >= 0.3 is 0 Å². The van der Waals surface area contributed by atoms with Gasteiger partial charge in [-0.15, -0.1) is 0 Å². The van der Waals surface area contributed by atoms with Crippen molar-refractivity contribution >= 4 is 17.2 Å². The lowest BCUT2D eigenvalue weighted by molar-refractivity contribution is 0.315. The molecular formula is C15H23NOS. The molecule has 0 saturated heterocycles. The monoisotopic (exact) mass is 265 g/mol. The molecule has 0 spiro atoms. The fraction of sp³-hybridized carbons (Fsp3) is 0.533. The van der Waals surface area contributed by atoms with E-state index >= 15 is 0 Å². The highest BCUT2D eigenvalue weighted by Crippen LogP contribution is 2.24. The van der Waals surface area contributed by atoms with E-state index in [2.05, 4.69) is 32.9 Å². The molecule has 0 aliphatic rings. The molecule has 0 atom stereocenters. The molecule has 0 bridgehead atoms. The molecule has 0 aliphatic carbocycles. The highest BCUT2D eigenvalue weighted by Gasteiger charge is 2.05. The maximum Gasteiger partial charge on any atom is 0.122 e. The van der Waals surface area contributed by atoms with Crippen LogP contribution in [-0.2, 0) is 6.42 Å². The summed E-state index contributed by atoms with van der Waals surface area (Å²) in [6, 6.07) is 4.36. The van der Waals surface area contributed by atoms with Gasteiger partial charge in [0, 0.05) is 0 Å². The molecule has 0 heterocycles. The van der Waals surface area contributed by atoms with Gasteiger partial charge in [0.05, 0.1) is 11.6 Å². The van der Waals surface area contributed by atoms with Crippen molar-refractivity contribution in [2.45, 2.75) is 46.5 Å². The second-order valence-electron chi connectivity index (χ2n) is 4.71. The van der Waals surface area contributed by atoms with Gasteiger partial charge in [0.2, 0.25) is 0 Å². The largest absolute Gasteiger partial charge is 0.493 e. The molecule has 2 N–H and O–H groups in total. The van der Waals surface area contributed by atoms with Crippen molar-refractivity contribution in [3.05, 3.63) is 28.8 Å². The summed E-state index contributed by atoms with van der Waals surface area (Å²) in [6.07, 6.45) is 3.90. The molecule has 0 saturated carbocycles. The third-order valence-corrected chi connectivity index (χ3v) is 3.17. The summed E-state index contributed by atoms with van der Waals surface area (Å²) < 4.78 is 5.72. The van der Waals surface area contributed by atoms with E-state index in [1.807, 2.05) is 0 Å². The van der Waals surface area contributed by atoms with Gasteiger partial charge in [0.1, 0.15) is 5.75 Å². The van der Waals surface area contributed by atoms with Crippen LogP contribution in [0.25, 0.3) is 0 Å². The summed E-state index contributed by atoms with van der Waals surface area (Å²) in [5.74, 6) is 1.01. The van der Waals surface area contributed by atoms with Gasteiger partial charge in [-0.25, -0.2) is 0 Å². The molecular weight excluding hydrogens is 242 g/mol. The number of rotatable bonds is 7. The minimum absolute atomic E-state index is 0.604. The minimum Gasteiger partial charge on any atom is -0.493 e. The Labute approximate surface area is 116 Å². The number of hydrogen-bond donors (Lipinski definition) is 1. The lowest BCUT2D eigenvalue weighted by Gasteiger charge is -2.13. The first-order valence-electron chi connectivity index (χ1n) is 6.55. The lowest BCUT2D eigenvalue weighted by Crippen LogP contribution is -2.07. The Morgan fingerprint density at radius 2 is 2.00 bits per heavy atom. The highest BCUT2D eigenvalue weighted by molar-refractivity contribution is 7.80. The van der Waals surface area contributed by atoms with Gasteiger partial charge in [-0.2, -0.15) is 0 Å². The van der Waals surface area contributed by atoms with E-state index in [9.17, 15) is 0 Å². The Bertz CT molecular complexity index is 415. The van der Waals surface area contributed by atoms with Crippen LogP contribution in [-0.4, -0.2) is 11.6 Å². The van der Waals surface area contributed by atoms with Gasteiger partial charge in [0.25, 0.3) is 0 Å².